The van der Waals surface area contributed by atoms with Crippen LogP contribution in [0.25, 0.3) is 10.2 Å². The molecule has 0 fully saturated rings. The van der Waals surface area contributed by atoms with Gasteiger partial charge in [-0.2, -0.15) is 0 Å². The Kier molecular flexibility index (Phi) is 6.40. The first-order valence-electron chi connectivity index (χ1n) is 8.97. The lowest BCUT2D eigenvalue weighted by molar-refractivity contribution is -0.144. The highest BCUT2D eigenvalue weighted by atomic mass is 32.1. The van der Waals surface area contributed by atoms with Crippen LogP contribution in [-0.2, 0) is 9.53 Å². The van der Waals surface area contributed by atoms with Gasteiger partial charge in [-0.25, -0.2) is 14.6 Å². The fraction of sp³-hybridized carbons (Fsp3) is 0.200. The Morgan fingerprint density at radius 3 is 2.59 bits per heavy atom. The van der Waals surface area contributed by atoms with Crippen molar-refractivity contribution in [3.63, 3.8) is 0 Å². The molecular weight excluding hydrogens is 392 g/mol. The van der Waals surface area contributed by atoms with E-state index in [2.05, 4.69) is 20.9 Å². The standard InChI is InChI=1S/C20H20N4O4S/c1-3-28-18(26)12(2)21-19(27)22-14-9-10-16-15(11-14)23-20(29-16)24-17(25)13-7-5-4-6-8-13/h4-12H,3H2,1-2H3,(H2,21,22,27)(H,23,24,25)/t12-/m1/s1. The van der Waals surface area contributed by atoms with Crippen molar-refractivity contribution in [2.24, 2.45) is 0 Å². The number of fused-ring (bicyclic) bond motifs is 1. The number of rotatable bonds is 6. The maximum Gasteiger partial charge on any atom is 0.328 e. The molecule has 0 saturated carbocycles. The number of aromatic nitrogens is 1. The van der Waals surface area contributed by atoms with Gasteiger partial charge in [0, 0.05) is 11.3 Å². The van der Waals surface area contributed by atoms with Gasteiger partial charge in [-0.3, -0.25) is 10.1 Å². The van der Waals surface area contributed by atoms with E-state index >= 15 is 0 Å². The van der Waals surface area contributed by atoms with Crippen molar-refractivity contribution < 1.29 is 19.1 Å². The van der Waals surface area contributed by atoms with Crippen molar-refractivity contribution in [3.8, 4) is 0 Å². The predicted molar refractivity (Wildman–Crippen MR) is 112 cm³/mol. The van der Waals surface area contributed by atoms with Crippen LogP contribution in [0, 0.1) is 0 Å². The van der Waals surface area contributed by atoms with Crippen LogP contribution in [0.3, 0.4) is 0 Å². The number of anilines is 2. The van der Waals surface area contributed by atoms with Crippen LogP contribution < -0.4 is 16.0 Å². The topological polar surface area (TPSA) is 109 Å². The highest BCUT2D eigenvalue weighted by molar-refractivity contribution is 7.22. The third kappa shape index (κ3) is 5.29. The van der Waals surface area contributed by atoms with Crippen molar-refractivity contribution in [2.75, 3.05) is 17.2 Å². The summed E-state index contributed by atoms with van der Waals surface area (Å²) in [6, 6.07) is 12.8. The van der Waals surface area contributed by atoms with Gasteiger partial charge < -0.3 is 15.4 Å². The van der Waals surface area contributed by atoms with Gasteiger partial charge >= 0.3 is 12.0 Å². The number of carbonyl (C=O) groups is 3. The average molecular weight is 412 g/mol. The normalized spacial score (nSPS) is 11.5. The Bertz CT molecular complexity index is 1040. The van der Waals surface area contributed by atoms with Crippen LogP contribution in [0.4, 0.5) is 15.6 Å². The quantitative estimate of drug-likeness (QED) is 0.536. The summed E-state index contributed by atoms with van der Waals surface area (Å²) < 4.78 is 5.71. The highest BCUT2D eigenvalue weighted by Gasteiger charge is 2.17. The van der Waals surface area contributed by atoms with Crippen molar-refractivity contribution in [2.45, 2.75) is 19.9 Å². The number of thiazole rings is 1. The zero-order chi connectivity index (χ0) is 20.8. The molecule has 0 radical (unpaired) electrons. The molecule has 3 N–H and O–H groups in total. The first-order chi connectivity index (χ1) is 14.0. The highest BCUT2D eigenvalue weighted by Crippen LogP contribution is 2.28. The third-order valence-electron chi connectivity index (χ3n) is 3.89. The van der Waals surface area contributed by atoms with E-state index in [0.717, 1.165) is 4.70 Å². The van der Waals surface area contributed by atoms with Crippen LogP contribution in [-0.4, -0.2) is 35.5 Å². The smallest absolute Gasteiger partial charge is 0.328 e. The molecule has 1 aromatic heterocycles. The number of hydrogen-bond acceptors (Lipinski definition) is 6. The molecule has 8 nitrogen and oxygen atoms in total. The van der Waals surface area contributed by atoms with Crippen LogP contribution in [0.1, 0.15) is 24.2 Å². The minimum Gasteiger partial charge on any atom is -0.464 e. The zero-order valence-corrected chi connectivity index (χ0v) is 16.7. The molecule has 1 heterocycles. The summed E-state index contributed by atoms with van der Waals surface area (Å²) in [5.74, 6) is -0.744. The summed E-state index contributed by atoms with van der Waals surface area (Å²) in [5, 5.41) is 8.41. The maximum absolute atomic E-state index is 12.3. The molecule has 0 aliphatic heterocycles. The maximum atomic E-state index is 12.3. The number of hydrogen-bond donors (Lipinski definition) is 3. The molecule has 3 aromatic rings. The minimum absolute atomic E-state index is 0.240. The summed E-state index contributed by atoms with van der Waals surface area (Å²) in [7, 11) is 0. The van der Waals surface area contributed by atoms with Gasteiger partial charge in [0.15, 0.2) is 5.13 Å². The van der Waals surface area contributed by atoms with Gasteiger partial charge in [0.1, 0.15) is 6.04 Å². The van der Waals surface area contributed by atoms with Crippen LogP contribution in [0.2, 0.25) is 0 Å². The Morgan fingerprint density at radius 1 is 1.10 bits per heavy atom. The molecule has 1 atom stereocenters. The Balaban J connectivity index is 1.65. The molecule has 2 aromatic carbocycles. The first-order valence-corrected chi connectivity index (χ1v) is 9.79. The van der Waals surface area contributed by atoms with Gasteiger partial charge in [-0.1, -0.05) is 29.5 Å². The molecule has 0 spiro atoms. The minimum atomic E-state index is -0.766. The van der Waals surface area contributed by atoms with E-state index in [1.54, 1.807) is 56.3 Å². The van der Waals surface area contributed by atoms with Crippen molar-refractivity contribution >= 4 is 50.3 Å². The number of benzene rings is 2. The summed E-state index contributed by atoms with van der Waals surface area (Å²) in [6.07, 6.45) is 0. The number of amides is 3. The van der Waals surface area contributed by atoms with Gasteiger partial charge in [0.05, 0.1) is 16.8 Å². The molecule has 29 heavy (non-hydrogen) atoms. The molecule has 3 amide bonds. The zero-order valence-electron chi connectivity index (χ0n) is 15.9. The lowest BCUT2D eigenvalue weighted by Crippen LogP contribution is -2.41. The monoisotopic (exact) mass is 412 g/mol. The van der Waals surface area contributed by atoms with E-state index < -0.39 is 18.0 Å². The summed E-state index contributed by atoms with van der Waals surface area (Å²) >= 11 is 1.34. The van der Waals surface area contributed by atoms with Crippen LogP contribution in [0.15, 0.2) is 48.5 Å². The van der Waals surface area contributed by atoms with Crippen LogP contribution in [0.5, 0.6) is 0 Å². The first kappa shape index (κ1) is 20.3. The Labute approximate surface area is 171 Å². The number of esters is 1. The number of urea groups is 1. The van der Waals surface area contributed by atoms with E-state index in [0.29, 0.717) is 21.9 Å². The van der Waals surface area contributed by atoms with E-state index in [9.17, 15) is 14.4 Å². The van der Waals surface area contributed by atoms with Gasteiger partial charge in [0.2, 0.25) is 0 Å². The fourth-order valence-corrected chi connectivity index (χ4v) is 3.35. The van der Waals surface area contributed by atoms with E-state index in [4.69, 9.17) is 4.74 Å². The van der Waals surface area contributed by atoms with E-state index in [-0.39, 0.29) is 12.5 Å². The second-order valence-corrected chi connectivity index (χ2v) is 7.12. The number of carbonyl (C=O) groups excluding carboxylic acids is 3. The molecule has 3 rings (SSSR count). The molecule has 150 valence electrons. The number of nitrogens with one attached hydrogen (secondary N) is 3. The second-order valence-electron chi connectivity index (χ2n) is 6.09. The molecule has 0 bridgehead atoms. The SMILES string of the molecule is CCOC(=O)[C@@H](C)NC(=O)Nc1ccc2sc(NC(=O)c3ccccc3)nc2c1. The van der Waals surface area contributed by atoms with E-state index in [1.165, 1.54) is 11.3 Å². The Hall–Kier alpha value is -3.46. The average Bonchev–Trinajstić information content (AvgIpc) is 3.10. The fourth-order valence-electron chi connectivity index (χ4n) is 2.51. The molecular formula is C20H20N4O4S. The van der Waals surface area contributed by atoms with Crippen molar-refractivity contribution in [3.05, 3.63) is 54.1 Å². The number of nitrogens with zero attached hydrogens (tertiary/aromatic N) is 1. The lowest BCUT2D eigenvalue weighted by Gasteiger charge is -2.13. The summed E-state index contributed by atoms with van der Waals surface area (Å²) in [4.78, 5) is 40.3. The third-order valence-corrected chi connectivity index (χ3v) is 4.84. The van der Waals surface area contributed by atoms with E-state index in [1.807, 2.05) is 6.07 Å². The molecule has 9 heteroatoms. The number of ether oxygens (including phenoxy) is 1. The Morgan fingerprint density at radius 2 is 1.86 bits per heavy atom. The summed E-state index contributed by atoms with van der Waals surface area (Å²) in [6.45, 7) is 3.49. The van der Waals surface area contributed by atoms with Gasteiger partial charge in [-0.15, -0.1) is 0 Å². The molecule has 0 aliphatic rings. The van der Waals surface area contributed by atoms with Crippen molar-refractivity contribution in [1.29, 1.82) is 0 Å². The van der Waals surface area contributed by atoms with Crippen molar-refractivity contribution in [1.82, 2.24) is 10.3 Å². The largest absolute Gasteiger partial charge is 0.464 e. The molecule has 0 unspecified atom stereocenters. The molecule has 0 aliphatic carbocycles. The van der Waals surface area contributed by atoms with Crippen LogP contribution >= 0.6 is 11.3 Å². The van der Waals surface area contributed by atoms with Gasteiger partial charge in [-0.05, 0) is 44.2 Å². The lowest BCUT2D eigenvalue weighted by atomic mass is 10.2. The summed E-state index contributed by atoms with van der Waals surface area (Å²) in [5.41, 5.74) is 1.69. The van der Waals surface area contributed by atoms with Gasteiger partial charge in [0.25, 0.3) is 5.91 Å². The second kappa shape index (κ2) is 9.16. The molecule has 0 saturated heterocycles. The predicted octanol–water partition coefficient (Wildman–Crippen LogP) is 3.62.